The van der Waals surface area contributed by atoms with Gasteiger partial charge in [-0.2, -0.15) is 0 Å². The third-order valence-electron chi connectivity index (χ3n) is 4.45. The van der Waals surface area contributed by atoms with Crippen LogP contribution in [0.4, 0.5) is 5.69 Å². The van der Waals surface area contributed by atoms with E-state index in [1.807, 2.05) is 28.8 Å². The summed E-state index contributed by atoms with van der Waals surface area (Å²) in [5.41, 5.74) is 1.73. The maximum atomic E-state index is 12.1. The predicted octanol–water partition coefficient (Wildman–Crippen LogP) is 2.37. The monoisotopic (exact) mass is 371 g/mol. The third kappa shape index (κ3) is 4.43. The molecule has 0 radical (unpaired) electrons. The Morgan fingerprint density at radius 3 is 2.85 bits per heavy atom. The highest BCUT2D eigenvalue weighted by Crippen LogP contribution is 2.37. The Labute approximate surface area is 155 Å². The van der Waals surface area contributed by atoms with E-state index in [4.69, 9.17) is 0 Å². The first kappa shape index (κ1) is 17.1. The normalized spacial score (nSPS) is 16.3. The fourth-order valence-electron chi connectivity index (χ4n) is 2.67. The van der Waals surface area contributed by atoms with Gasteiger partial charge in [0.15, 0.2) is 5.16 Å². The van der Waals surface area contributed by atoms with Crippen molar-refractivity contribution in [2.75, 3.05) is 11.1 Å². The fraction of sp³-hybridized carbons (Fsp3) is 0.444. The van der Waals surface area contributed by atoms with E-state index in [1.165, 1.54) is 11.8 Å². The minimum Gasteiger partial charge on any atom is -0.351 e. The van der Waals surface area contributed by atoms with Crippen molar-refractivity contribution in [2.24, 2.45) is 5.92 Å². The Morgan fingerprint density at radius 2 is 2.08 bits per heavy atom. The number of nitrogens with one attached hydrogen (secondary N) is 2. The number of aromatic nitrogens is 3. The molecular weight excluding hydrogens is 350 g/mol. The largest absolute Gasteiger partial charge is 0.351 e. The average molecular weight is 371 g/mol. The zero-order valence-corrected chi connectivity index (χ0v) is 15.2. The Morgan fingerprint density at radius 1 is 1.23 bits per heavy atom. The molecule has 0 saturated heterocycles. The van der Waals surface area contributed by atoms with Crippen molar-refractivity contribution < 1.29 is 9.59 Å². The number of carbonyl (C=O) groups excluding carboxylic acids is 2. The van der Waals surface area contributed by atoms with Crippen LogP contribution in [-0.4, -0.2) is 32.3 Å². The van der Waals surface area contributed by atoms with Crippen molar-refractivity contribution in [2.45, 2.75) is 43.4 Å². The van der Waals surface area contributed by atoms with Crippen LogP contribution in [-0.2, 0) is 16.1 Å². The Bertz CT molecular complexity index is 813. The summed E-state index contributed by atoms with van der Waals surface area (Å²) in [5, 5.41) is 14.6. The van der Waals surface area contributed by atoms with Crippen LogP contribution in [0.3, 0.4) is 0 Å². The Balaban J connectivity index is 1.24. The van der Waals surface area contributed by atoms with Gasteiger partial charge in [-0.05, 0) is 43.4 Å². The molecule has 8 heteroatoms. The van der Waals surface area contributed by atoms with Crippen molar-refractivity contribution in [3.8, 4) is 0 Å². The molecule has 2 aromatic rings. The maximum Gasteiger partial charge on any atom is 0.230 e. The number of benzene rings is 1. The number of anilines is 1. The van der Waals surface area contributed by atoms with Gasteiger partial charge in [-0.1, -0.05) is 23.9 Å². The molecule has 0 unspecified atom stereocenters. The molecule has 2 amide bonds. The number of carbonyl (C=O) groups is 2. The fourth-order valence-corrected chi connectivity index (χ4v) is 3.48. The SMILES string of the molecule is O=C(CSc1nncn1C1CC1)NCc1cccc(NC(=O)C2CC2)c1. The van der Waals surface area contributed by atoms with E-state index < -0.39 is 0 Å². The van der Waals surface area contributed by atoms with Gasteiger partial charge in [-0.15, -0.1) is 10.2 Å². The molecule has 1 aromatic carbocycles. The molecule has 1 aromatic heterocycles. The zero-order chi connectivity index (χ0) is 17.9. The lowest BCUT2D eigenvalue weighted by Crippen LogP contribution is -2.24. The number of rotatable bonds is 8. The van der Waals surface area contributed by atoms with Gasteiger partial charge >= 0.3 is 0 Å². The molecule has 0 atom stereocenters. The van der Waals surface area contributed by atoms with Gasteiger partial charge in [0.2, 0.25) is 11.8 Å². The predicted molar refractivity (Wildman–Crippen MR) is 98.7 cm³/mol. The summed E-state index contributed by atoms with van der Waals surface area (Å²) in [4.78, 5) is 23.9. The number of amides is 2. The van der Waals surface area contributed by atoms with E-state index in [2.05, 4.69) is 20.8 Å². The van der Waals surface area contributed by atoms with Gasteiger partial charge in [0.1, 0.15) is 6.33 Å². The first-order valence-corrected chi connectivity index (χ1v) is 9.86. The maximum absolute atomic E-state index is 12.1. The first-order valence-electron chi connectivity index (χ1n) is 8.88. The highest BCUT2D eigenvalue weighted by atomic mass is 32.2. The molecule has 4 rings (SSSR count). The van der Waals surface area contributed by atoms with E-state index in [-0.39, 0.29) is 17.7 Å². The second kappa shape index (κ2) is 7.49. The molecule has 0 aliphatic heterocycles. The highest BCUT2D eigenvalue weighted by molar-refractivity contribution is 7.99. The van der Waals surface area contributed by atoms with Crippen LogP contribution >= 0.6 is 11.8 Å². The number of hydrogen-bond donors (Lipinski definition) is 2. The number of hydrogen-bond acceptors (Lipinski definition) is 5. The summed E-state index contributed by atoms with van der Waals surface area (Å²) in [6.07, 6.45) is 6.01. The molecule has 2 N–H and O–H groups in total. The van der Waals surface area contributed by atoms with E-state index >= 15 is 0 Å². The van der Waals surface area contributed by atoms with Crippen LogP contribution in [0.25, 0.3) is 0 Å². The lowest BCUT2D eigenvalue weighted by molar-refractivity contribution is -0.119. The van der Waals surface area contributed by atoms with Crippen molar-refractivity contribution in [1.82, 2.24) is 20.1 Å². The van der Waals surface area contributed by atoms with E-state index in [1.54, 1.807) is 6.33 Å². The van der Waals surface area contributed by atoms with E-state index in [0.29, 0.717) is 18.3 Å². The highest BCUT2D eigenvalue weighted by Gasteiger charge is 2.29. The summed E-state index contributed by atoms with van der Waals surface area (Å²) in [6, 6.07) is 8.09. The molecule has 2 aliphatic rings. The zero-order valence-electron chi connectivity index (χ0n) is 14.4. The van der Waals surface area contributed by atoms with Crippen molar-refractivity contribution in [1.29, 1.82) is 0 Å². The third-order valence-corrected chi connectivity index (χ3v) is 5.40. The molecule has 2 aliphatic carbocycles. The first-order chi connectivity index (χ1) is 12.7. The summed E-state index contributed by atoms with van der Waals surface area (Å²) in [7, 11) is 0. The molecular formula is C18H21N5O2S. The van der Waals surface area contributed by atoms with Crippen LogP contribution in [0.2, 0.25) is 0 Å². The van der Waals surface area contributed by atoms with Crippen LogP contribution in [0.5, 0.6) is 0 Å². The number of nitrogens with zero attached hydrogens (tertiary/aromatic N) is 3. The summed E-state index contributed by atoms with van der Waals surface area (Å²) in [6.45, 7) is 0.432. The van der Waals surface area contributed by atoms with Crippen molar-refractivity contribution >= 4 is 29.3 Å². The minimum absolute atomic E-state index is 0.0484. The molecule has 2 saturated carbocycles. The molecule has 26 heavy (non-hydrogen) atoms. The van der Waals surface area contributed by atoms with Gasteiger partial charge in [0.05, 0.1) is 5.75 Å². The summed E-state index contributed by atoms with van der Waals surface area (Å²) in [5.74, 6) is 0.520. The molecule has 1 heterocycles. The van der Waals surface area contributed by atoms with Crippen LogP contribution in [0, 0.1) is 5.92 Å². The number of thioether (sulfide) groups is 1. The van der Waals surface area contributed by atoms with Gasteiger partial charge in [-0.3, -0.25) is 9.59 Å². The van der Waals surface area contributed by atoms with Gasteiger partial charge in [0, 0.05) is 24.2 Å². The van der Waals surface area contributed by atoms with Gasteiger partial charge in [-0.25, -0.2) is 0 Å². The average Bonchev–Trinajstić information content (AvgIpc) is 3.56. The topological polar surface area (TPSA) is 88.9 Å². The second-order valence-electron chi connectivity index (χ2n) is 6.78. The van der Waals surface area contributed by atoms with Crippen LogP contribution in [0.1, 0.15) is 37.3 Å². The van der Waals surface area contributed by atoms with Crippen LogP contribution in [0.15, 0.2) is 35.7 Å². The Hall–Kier alpha value is -2.35. The summed E-state index contributed by atoms with van der Waals surface area (Å²) < 4.78 is 2.05. The Kier molecular flexibility index (Phi) is 4.92. The van der Waals surface area contributed by atoms with E-state index in [0.717, 1.165) is 42.1 Å². The lowest BCUT2D eigenvalue weighted by atomic mass is 10.2. The smallest absolute Gasteiger partial charge is 0.230 e. The molecule has 0 bridgehead atoms. The standard InChI is InChI=1S/C18H21N5O2S/c24-16(10-26-18-22-20-11-23(18)15-6-7-15)19-9-12-2-1-3-14(8-12)21-17(25)13-4-5-13/h1-3,8,11,13,15H,4-7,9-10H2,(H,19,24)(H,21,25). The van der Waals surface area contributed by atoms with Crippen molar-refractivity contribution in [3.63, 3.8) is 0 Å². The van der Waals surface area contributed by atoms with Crippen LogP contribution < -0.4 is 10.6 Å². The van der Waals surface area contributed by atoms with E-state index in [9.17, 15) is 9.59 Å². The summed E-state index contributed by atoms with van der Waals surface area (Å²) >= 11 is 1.41. The van der Waals surface area contributed by atoms with Gasteiger partial charge in [0.25, 0.3) is 0 Å². The molecule has 0 spiro atoms. The molecule has 2 fully saturated rings. The van der Waals surface area contributed by atoms with Gasteiger partial charge < -0.3 is 15.2 Å². The lowest BCUT2D eigenvalue weighted by Gasteiger charge is -2.09. The second-order valence-corrected chi connectivity index (χ2v) is 7.72. The minimum atomic E-state index is -0.0484. The quantitative estimate of drug-likeness (QED) is 0.696. The van der Waals surface area contributed by atoms with Crippen molar-refractivity contribution in [3.05, 3.63) is 36.2 Å². The molecule has 136 valence electrons. The molecule has 7 nitrogen and oxygen atoms in total.